The Morgan fingerprint density at radius 2 is 1.26 bits per heavy atom. The lowest BCUT2D eigenvalue weighted by molar-refractivity contribution is 0.670. The van der Waals surface area contributed by atoms with Crippen molar-refractivity contribution < 1.29 is 4.42 Å². The van der Waals surface area contributed by atoms with Crippen molar-refractivity contribution in [1.82, 2.24) is 0 Å². The summed E-state index contributed by atoms with van der Waals surface area (Å²) >= 11 is 1.80. The molecular formula is C38H20N2OS. The van der Waals surface area contributed by atoms with Crippen LogP contribution in [0.5, 0.6) is 0 Å². The summed E-state index contributed by atoms with van der Waals surface area (Å²) in [6, 6.07) is 45.7. The topological polar surface area (TPSA) is 60.7 Å². The molecule has 0 fully saturated rings. The van der Waals surface area contributed by atoms with Gasteiger partial charge in [-0.1, -0.05) is 78.9 Å². The van der Waals surface area contributed by atoms with Crippen LogP contribution in [0.25, 0.3) is 75.5 Å². The van der Waals surface area contributed by atoms with Gasteiger partial charge in [-0.2, -0.15) is 10.5 Å². The van der Waals surface area contributed by atoms with E-state index in [0.29, 0.717) is 11.1 Å². The van der Waals surface area contributed by atoms with Crippen LogP contribution in [0.4, 0.5) is 0 Å². The molecule has 8 aromatic rings. The largest absolute Gasteiger partial charge is 0.455 e. The molecular weight excluding hydrogens is 532 g/mol. The van der Waals surface area contributed by atoms with Gasteiger partial charge in [-0.05, 0) is 64.7 Å². The molecule has 3 nitrogen and oxygen atoms in total. The van der Waals surface area contributed by atoms with E-state index in [1.165, 1.54) is 20.2 Å². The minimum atomic E-state index is 0.603. The van der Waals surface area contributed by atoms with Crippen LogP contribution in [-0.4, -0.2) is 0 Å². The van der Waals surface area contributed by atoms with Gasteiger partial charge >= 0.3 is 0 Å². The minimum absolute atomic E-state index is 0.603. The Labute approximate surface area is 245 Å². The Kier molecular flexibility index (Phi) is 5.44. The number of para-hydroxylation sites is 1. The highest BCUT2D eigenvalue weighted by Crippen LogP contribution is 2.43. The van der Waals surface area contributed by atoms with E-state index in [9.17, 15) is 10.5 Å². The van der Waals surface area contributed by atoms with Crippen molar-refractivity contribution >= 4 is 53.4 Å². The van der Waals surface area contributed by atoms with Crippen LogP contribution in [0.3, 0.4) is 0 Å². The Hall–Kier alpha value is -5.68. The highest BCUT2D eigenvalue weighted by Gasteiger charge is 2.17. The molecule has 194 valence electrons. The molecule has 0 spiro atoms. The van der Waals surface area contributed by atoms with Crippen molar-refractivity contribution in [3.63, 3.8) is 0 Å². The fraction of sp³-hybridized carbons (Fsp3) is 0. The number of furan rings is 1. The van der Waals surface area contributed by atoms with E-state index in [2.05, 4.69) is 78.9 Å². The lowest BCUT2D eigenvalue weighted by atomic mass is 9.88. The summed E-state index contributed by atoms with van der Waals surface area (Å²) in [7, 11) is 0. The van der Waals surface area contributed by atoms with Crippen LogP contribution in [0, 0.1) is 22.7 Å². The Morgan fingerprint density at radius 1 is 0.500 bits per heavy atom. The van der Waals surface area contributed by atoms with Crippen molar-refractivity contribution in [2.45, 2.75) is 0 Å². The molecule has 0 saturated heterocycles. The van der Waals surface area contributed by atoms with Gasteiger partial charge in [0.1, 0.15) is 11.2 Å². The van der Waals surface area contributed by atoms with Crippen LogP contribution < -0.4 is 0 Å². The van der Waals surface area contributed by atoms with Gasteiger partial charge in [-0.15, -0.1) is 11.3 Å². The van der Waals surface area contributed by atoms with E-state index in [1.807, 2.05) is 48.5 Å². The molecule has 0 saturated carbocycles. The lowest BCUT2D eigenvalue weighted by Crippen LogP contribution is -1.91. The molecule has 0 aliphatic rings. The van der Waals surface area contributed by atoms with Gasteiger partial charge in [0.25, 0.3) is 0 Å². The Balaban J connectivity index is 1.37. The maximum absolute atomic E-state index is 10.0. The van der Waals surface area contributed by atoms with E-state index < -0.39 is 0 Å². The summed E-state index contributed by atoms with van der Waals surface area (Å²) in [4.78, 5) is 0. The first kappa shape index (κ1) is 24.1. The zero-order valence-corrected chi connectivity index (χ0v) is 23.1. The van der Waals surface area contributed by atoms with Crippen molar-refractivity contribution in [2.24, 2.45) is 0 Å². The van der Waals surface area contributed by atoms with E-state index in [4.69, 9.17) is 4.42 Å². The number of hydrogen-bond donors (Lipinski definition) is 0. The number of fused-ring (bicyclic) bond motifs is 6. The molecule has 0 bridgehead atoms. The number of rotatable bonds is 3. The standard InChI is InChI=1S/C38H20N2OS/c39-21-23-12-17-35-34(18-23)32-10-5-9-29(38(32)41-35)24-13-15-28(33(19-24)27-7-2-1-6-26(27)22-40)25-14-16-31-30-8-3-4-11-36(30)42-37(31)20-25/h1-20H. The molecule has 6 aromatic carbocycles. The maximum atomic E-state index is 10.0. The minimum Gasteiger partial charge on any atom is -0.455 e. The van der Waals surface area contributed by atoms with Crippen LogP contribution in [0.15, 0.2) is 126 Å². The molecule has 0 N–H and O–H groups in total. The molecule has 4 heteroatoms. The van der Waals surface area contributed by atoms with Gasteiger partial charge in [0, 0.05) is 42.1 Å². The first-order chi connectivity index (χ1) is 20.7. The number of nitrogens with zero attached hydrogens (tertiary/aromatic N) is 2. The van der Waals surface area contributed by atoms with Crippen LogP contribution >= 0.6 is 11.3 Å². The van der Waals surface area contributed by atoms with Gasteiger partial charge in [0.15, 0.2) is 0 Å². The quantitative estimate of drug-likeness (QED) is 0.219. The van der Waals surface area contributed by atoms with Crippen molar-refractivity contribution in [3.8, 4) is 45.5 Å². The predicted octanol–water partition coefficient (Wildman–Crippen LogP) is 10.7. The van der Waals surface area contributed by atoms with Crippen molar-refractivity contribution in [2.75, 3.05) is 0 Å². The van der Waals surface area contributed by atoms with Crippen molar-refractivity contribution in [3.05, 3.63) is 132 Å². The summed E-state index contributed by atoms with van der Waals surface area (Å²) < 4.78 is 8.87. The number of hydrogen-bond acceptors (Lipinski definition) is 4. The molecule has 0 unspecified atom stereocenters. The Morgan fingerprint density at radius 3 is 2.17 bits per heavy atom. The summed E-state index contributed by atoms with van der Waals surface area (Å²) in [6.07, 6.45) is 0. The summed E-state index contributed by atoms with van der Waals surface area (Å²) in [5.41, 5.74) is 8.77. The van der Waals surface area contributed by atoms with Crippen LogP contribution in [-0.2, 0) is 0 Å². The van der Waals surface area contributed by atoms with Gasteiger partial charge in [0.05, 0.1) is 23.3 Å². The molecule has 0 aliphatic carbocycles. The third-order valence-corrected chi connectivity index (χ3v) is 9.12. The van der Waals surface area contributed by atoms with Gasteiger partial charge in [-0.25, -0.2) is 0 Å². The molecule has 8 rings (SSSR count). The average Bonchev–Trinajstić information content (AvgIpc) is 3.62. The second-order valence-corrected chi connectivity index (χ2v) is 11.4. The van der Waals surface area contributed by atoms with E-state index in [-0.39, 0.29) is 0 Å². The monoisotopic (exact) mass is 552 g/mol. The predicted molar refractivity (Wildman–Crippen MR) is 172 cm³/mol. The molecule has 2 aromatic heterocycles. The van der Waals surface area contributed by atoms with E-state index >= 15 is 0 Å². The second kappa shape index (κ2) is 9.46. The summed E-state index contributed by atoms with van der Waals surface area (Å²) in [5.74, 6) is 0. The normalized spacial score (nSPS) is 11.3. The number of benzene rings is 6. The highest BCUT2D eigenvalue weighted by molar-refractivity contribution is 7.25. The van der Waals surface area contributed by atoms with Crippen LogP contribution in [0.2, 0.25) is 0 Å². The summed E-state index contributed by atoms with van der Waals surface area (Å²) in [5, 5.41) is 23.9. The van der Waals surface area contributed by atoms with E-state index in [0.717, 1.165) is 55.3 Å². The fourth-order valence-electron chi connectivity index (χ4n) is 5.99. The molecule has 0 atom stereocenters. The van der Waals surface area contributed by atoms with E-state index in [1.54, 1.807) is 17.4 Å². The maximum Gasteiger partial charge on any atom is 0.143 e. The van der Waals surface area contributed by atoms with Gasteiger partial charge in [0.2, 0.25) is 0 Å². The number of nitriles is 2. The SMILES string of the molecule is N#Cc1ccc2oc3c(-c4ccc(-c5ccc6c(c5)sc5ccccc56)c(-c5ccccc5C#N)c4)cccc3c2c1. The molecule has 0 radical (unpaired) electrons. The first-order valence-corrected chi connectivity index (χ1v) is 14.4. The third-order valence-electron chi connectivity index (χ3n) is 7.98. The number of thiophene rings is 1. The Bertz CT molecular complexity index is 2450. The second-order valence-electron chi connectivity index (χ2n) is 10.3. The zero-order valence-electron chi connectivity index (χ0n) is 22.3. The van der Waals surface area contributed by atoms with Gasteiger partial charge < -0.3 is 4.42 Å². The average molecular weight is 553 g/mol. The molecule has 42 heavy (non-hydrogen) atoms. The fourth-order valence-corrected chi connectivity index (χ4v) is 7.14. The van der Waals surface area contributed by atoms with Crippen LogP contribution in [0.1, 0.15) is 11.1 Å². The highest BCUT2D eigenvalue weighted by atomic mass is 32.1. The first-order valence-electron chi connectivity index (χ1n) is 13.6. The lowest BCUT2D eigenvalue weighted by Gasteiger charge is -2.14. The molecule has 2 heterocycles. The molecule has 0 amide bonds. The molecule has 0 aliphatic heterocycles. The zero-order chi connectivity index (χ0) is 28.2. The smallest absolute Gasteiger partial charge is 0.143 e. The van der Waals surface area contributed by atoms with Gasteiger partial charge in [-0.3, -0.25) is 0 Å². The summed E-state index contributed by atoms with van der Waals surface area (Å²) in [6.45, 7) is 0. The van der Waals surface area contributed by atoms with Crippen molar-refractivity contribution in [1.29, 1.82) is 10.5 Å². The third kappa shape index (κ3) is 3.71.